The number of para-hydroxylation sites is 2. The quantitative estimate of drug-likeness (QED) is 0.712. The predicted octanol–water partition coefficient (Wildman–Crippen LogP) is 3.60. The molecule has 4 rings (SSSR count). The Bertz CT molecular complexity index is 844. The molecule has 1 aliphatic rings. The average molecular weight is 339 g/mol. The van der Waals surface area contributed by atoms with E-state index in [4.69, 9.17) is 14.1 Å². The van der Waals surface area contributed by atoms with E-state index in [9.17, 15) is 0 Å². The van der Waals surface area contributed by atoms with Crippen molar-refractivity contribution in [3.05, 3.63) is 53.7 Å². The zero-order valence-electron chi connectivity index (χ0n) is 14.9. The van der Waals surface area contributed by atoms with Gasteiger partial charge in [0.2, 0.25) is 0 Å². The van der Waals surface area contributed by atoms with Crippen molar-refractivity contribution in [2.24, 2.45) is 0 Å². The van der Waals surface area contributed by atoms with Crippen LogP contribution in [-0.4, -0.2) is 40.7 Å². The Kier molecular flexibility index (Phi) is 4.59. The molecule has 1 fully saturated rings. The number of rotatable bonds is 5. The van der Waals surface area contributed by atoms with Crippen molar-refractivity contribution in [2.45, 2.75) is 39.0 Å². The molecule has 0 atom stereocenters. The lowest BCUT2D eigenvalue weighted by atomic mass is 10.1. The molecule has 1 aliphatic heterocycles. The van der Waals surface area contributed by atoms with Gasteiger partial charge in [0.15, 0.2) is 0 Å². The zero-order chi connectivity index (χ0) is 17.2. The predicted molar refractivity (Wildman–Crippen MR) is 97.6 cm³/mol. The molecule has 0 saturated carbocycles. The Hall–Kier alpha value is -2.11. The summed E-state index contributed by atoms with van der Waals surface area (Å²) in [5.74, 6) is 2.85. The van der Waals surface area contributed by atoms with Gasteiger partial charge in [-0.15, -0.1) is 0 Å². The van der Waals surface area contributed by atoms with E-state index in [1.54, 1.807) is 0 Å². The second kappa shape index (κ2) is 7.02. The maximum absolute atomic E-state index is 6.19. The molecule has 3 heterocycles. The molecule has 25 heavy (non-hydrogen) atoms. The molecule has 0 radical (unpaired) electrons. The summed E-state index contributed by atoms with van der Waals surface area (Å²) in [6.07, 6.45) is 2.51. The van der Waals surface area contributed by atoms with Crippen LogP contribution in [-0.2, 0) is 17.9 Å². The van der Waals surface area contributed by atoms with Crippen molar-refractivity contribution in [3.63, 3.8) is 0 Å². The molecule has 2 aromatic heterocycles. The van der Waals surface area contributed by atoms with Crippen molar-refractivity contribution in [3.8, 4) is 0 Å². The lowest BCUT2D eigenvalue weighted by Crippen LogP contribution is -2.34. The fourth-order valence-corrected chi connectivity index (χ4v) is 3.48. The standard InChI is InChI=1S/C20H25N3O2/c1-15-7-8-17(25-15)13-23-19-6-4-3-5-18(19)21-20(23)14-24-16-9-11-22(2)12-10-16/h3-8,16H,9-14H2,1-2H3. The van der Waals surface area contributed by atoms with E-state index in [-0.39, 0.29) is 0 Å². The van der Waals surface area contributed by atoms with Gasteiger partial charge < -0.3 is 18.6 Å². The summed E-state index contributed by atoms with van der Waals surface area (Å²) in [4.78, 5) is 7.16. The number of imidazole rings is 1. The van der Waals surface area contributed by atoms with Gasteiger partial charge in [-0.3, -0.25) is 0 Å². The highest BCUT2D eigenvalue weighted by Crippen LogP contribution is 2.21. The first kappa shape index (κ1) is 16.4. The minimum absolute atomic E-state index is 0.329. The number of benzene rings is 1. The summed E-state index contributed by atoms with van der Waals surface area (Å²) in [6, 6.07) is 12.3. The van der Waals surface area contributed by atoms with E-state index >= 15 is 0 Å². The van der Waals surface area contributed by atoms with Crippen molar-refractivity contribution in [2.75, 3.05) is 20.1 Å². The van der Waals surface area contributed by atoms with Gasteiger partial charge in [0.1, 0.15) is 24.0 Å². The molecule has 1 saturated heterocycles. The van der Waals surface area contributed by atoms with Gasteiger partial charge in [-0.2, -0.15) is 0 Å². The van der Waals surface area contributed by atoms with Crippen LogP contribution in [0.1, 0.15) is 30.2 Å². The van der Waals surface area contributed by atoms with Gasteiger partial charge in [0.25, 0.3) is 0 Å². The van der Waals surface area contributed by atoms with Gasteiger partial charge in [-0.05, 0) is 51.1 Å². The molecule has 0 unspecified atom stereocenters. The highest BCUT2D eigenvalue weighted by Gasteiger charge is 2.19. The fourth-order valence-electron chi connectivity index (χ4n) is 3.48. The Morgan fingerprint density at radius 1 is 1.16 bits per heavy atom. The first-order valence-electron chi connectivity index (χ1n) is 8.98. The third-order valence-corrected chi connectivity index (χ3v) is 4.96. The van der Waals surface area contributed by atoms with E-state index in [0.29, 0.717) is 19.3 Å². The van der Waals surface area contributed by atoms with Gasteiger partial charge in [-0.1, -0.05) is 12.1 Å². The van der Waals surface area contributed by atoms with Gasteiger partial charge in [0, 0.05) is 13.1 Å². The van der Waals surface area contributed by atoms with Crippen LogP contribution in [0.5, 0.6) is 0 Å². The number of fused-ring (bicyclic) bond motifs is 1. The van der Waals surface area contributed by atoms with Crippen molar-refractivity contribution in [1.29, 1.82) is 0 Å². The highest BCUT2D eigenvalue weighted by atomic mass is 16.5. The Morgan fingerprint density at radius 2 is 1.96 bits per heavy atom. The van der Waals surface area contributed by atoms with Crippen LogP contribution in [0.2, 0.25) is 0 Å². The van der Waals surface area contributed by atoms with Crippen LogP contribution >= 0.6 is 0 Å². The molecule has 5 nitrogen and oxygen atoms in total. The Morgan fingerprint density at radius 3 is 2.72 bits per heavy atom. The number of nitrogens with zero attached hydrogens (tertiary/aromatic N) is 3. The smallest absolute Gasteiger partial charge is 0.136 e. The van der Waals surface area contributed by atoms with Crippen molar-refractivity contribution < 1.29 is 9.15 Å². The van der Waals surface area contributed by atoms with E-state index < -0.39 is 0 Å². The molecular formula is C20H25N3O2. The van der Waals surface area contributed by atoms with Gasteiger partial charge in [-0.25, -0.2) is 4.98 Å². The summed E-state index contributed by atoms with van der Waals surface area (Å²) in [6.45, 7) is 5.41. The maximum Gasteiger partial charge on any atom is 0.136 e. The van der Waals surface area contributed by atoms with Crippen LogP contribution in [0.25, 0.3) is 11.0 Å². The third-order valence-electron chi connectivity index (χ3n) is 4.96. The maximum atomic E-state index is 6.19. The van der Waals surface area contributed by atoms with Crippen LogP contribution in [0.3, 0.4) is 0 Å². The number of furan rings is 1. The number of likely N-dealkylation sites (tertiary alicyclic amines) is 1. The summed E-state index contributed by atoms with van der Waals surface area (Å²) < 4.78 is 14.2. The molecule has 0 bridgehead atoms. The molecule has 0 amide bonds. The first-order chi connectivity index (χ1) is 12.2. The monoisotopic (exact) mass is 339 g/mol. The topological polar surface area (TPSA) is 43.4 Å². The molecule has 1 aromatic carbocycles. The van der Waals surface area contributed by atoms with Gasteiger partial charge >= 0.3 is 0 Å². The van der Waals surface area contributed by atoms with Crippen LogP contribution in [0.15, 0.2) is 40.8 Å². The first-order valence-corrected chi connectivity index (χ1v) is 8.98. The molecular weight excluding hydrogens is 314 g/mol. The second-order valence-electron chi connectivity index (χ2n) is 6.93. The number of hydrogen-bond donors (Lipinski definition) is 0. The second-order valence-corrected chi connectivity index (χ2v) is 6.93. The lowest BCUT2D eigenvalue weighted by Gasteiger charge is -2.28. The third kappa shape index (κ3) is 3.62. The van der Waals surface area contributed by atoms with E-state index in [1.165, 1.54) is 0 Å². The number of piperidine rings is 1. The molecule has 3 aromatic rings. The Labute approximate surface area is 148 Å². The Balaban J connectivity index is 1.55. The molecule has 0 aliphatic carbocycles. The molecule has 132 valence electrons. The molecule has 5 heteroatoms. The minimum Gasteiger partial charge on any atom is -0.464 e. The largest absolute Gasteiger partial charge is 0.464 e. The minimum atomic E-state index is 0.329. The van der Waals surface area contributed by atoms with Gasteiger partial charge in [0.05, 0.1) is 23.7 Å². The fraction of sp³-hybridized carbons (Fsp3) is 0.450. The highest BCUT2D eigenvalue weighted by molar-refractivity contribution is 5.76. The molecule has 0 N–H and O–H groups in total. The summed E-state index contributed by atoms with van der Waals surface area (Å²) in [5.41, 5.74) is 2.13. The van der Waals surface area contributed by atoms with Crippen LogP contribution < -0.4 is 0 Å². The number of aromatic nitrogens is 2. The van der Waals surface area contributed by atoms with Crippen molar-refractivity contribution in [1.82, 2.24) is 14.5 Å². The molecule has 0 spiro atoms. The summed E-state index contributed by atoms with van der Waals surface area (Å²) >= 11 is 0. The summed E-state index contributed by atoms with van der Waals surface area (Å²) in [5, 5.41) is 0. The van der Waals surface area contributed by atoms with Crippen molar-refractivity contribution >= 4 is 11.0 Å². The van der Waals surface area contributed by atoms with E-state index in [2.05, 4.69) is 34.7 Å². The normalized spacial score (nSPS) is 16.7. The number of aryl methyl sites for hydroxylation is 1. The SMILES string of the molecule is Cc1ccc(Cn2c(COC3CCN(C)CC3)nc3ccccc32)o1. The van der Waals surface area contributed by atoms with E-state index in [0.717, 1.165) is 54.3 Å². The van der Waals surface area contributed by atoms with Crippen LogP contribution in [0.4, 0.5) is 0 Å². The lowest BCUT2D eigenvalue weighted by molar-refractivity contribution is -0.00164. The zero-order valence-corrected chi connectivity index (χ0v) is 14.9. The average Bonchev–Trinajstić information content (AvgIpc) is 3.19. The van der Waals surface area contributed by atoms with E-state index in [1.807, 2.05) is 25.1 Å². The number of ether oxygens (including phenoxy) is 1. The summed E-state index contributed by atoms with van der Waals surface area (Å²) in [7, 11) is 2.17. The van der Waals surface area contributed by atoms with Crippen LogP contribution in [0, 0.1) is 6.92 Å². The number of hydrogen-bond acceptors (Lipinski definition) is 4.